The molecule has 0 aliphatic carbocycles. The number of ether oxygens (including phenoxy) is 1. The van der Waals surface area contributed by atoms with Gasteiger partial charge < -0.3 is 15.4 Å². The lowest BCUT2D eigenvalue weighted by atomic mass is 10.2. The minimum Gasteiger partial charge on any atom is -0.495 e. The summed E-state index contributed by atoms with van der Waals surface area (Å²) in [7, 11) is 1.48. The third-order valence-electron chi connectivity index (χ3n) is 4.05. The highest BCUT2D eigenvalue weighted by atomic mass is 35.5. The highest BCUT2D eigenvalue weighted by Crippen LogP contribution is 2.27. The standard InChI is InChI=1S/C19H16Cl3N5O3/c1-10-18(19(29)23-14-6-12(21)5-13(22)7-14)25-26-27(10)9-17(28)24-15-8-11(20)3-4-16(15)30-2/h3-8H,9H2,1-2H3,(H,23,29)(H,24,28). The minimum atomic E-state index is -0.506. The lowest BCUT2D eigenvalue weighted by Gasteiger charge is -2.11. The number of nitrogens with zero attached hydrogens (tertiary/aromatic N) is 3. The van der Waals surface area contributed by atoms with E-state index in [-0.39, 0.29) is 12.2 Å². The Morgan fingerprint density at radius 3 is 2.40 bits per heavy atom. The average molecular weight is 469 g/mol. The molecule has 0 saturated heterocycles. The molecule has 1 aromatic heterocycles. The molecule has 0 fully saturated rings. The zero-order valence-corrected chi connectivity index (χ0v) is 18.1. The van der Waals surface area contributed by atoms with Crippen LogP contribution in [0.3, 0.4) is 0 Å². The van der Waals surface area contributed by atoms with Crippen molar-refractivity contribution in [3.05, 3.63) is 62.9 Å². The quantitative estimate of drug-likeness (QED) is 0.557. The fourth-order valence-corrected chi connectivity index (χ4v) is 3.34. The Balaban J connectivity index is 1.71. The summed E-state index contributed by atoms with van der Waals surface area (Å²) >= 11 is 17.9. The van der Waals surface area contributed by atoms with Crippen molar-refractivity contribution >= 4 is 58.0 Å². The predicted molar refractivity (Wildman–Crippen MR) is 116 cm³/mol. The van der Waals surface area contributed by atoms with E-state index in [0.717, 1.165) is 0 Å². The van der Waals surface area contributed by atoms with Crippen LogP contribution in [0.5, 0.6) is 5.75 Å². The summed E-state index contributed by atoms with van der Waals surface area (Å²) in [6, 6.07) is 9.52. The number of halogens is 3. The number of rotatable bonds is 6. The Labute approximate surface area is 187 Å². The number of amides is 2. The van der Waals surface area contributed by atoms with E-state index < -0.39 is 11.8 Å². The summed E-state index contributed by atoms with van der Waals surface area (Å²) in [6.45, 7) is 1.47. The van der Waals surface area contributed by atoms with Gasteiger partial charge in [0, 0.05) is 20.8 Å². The van der Waals surface area contributed by atoms with Crippen LogP contribution in [-0.4, -0.2) is 33.9 Å². The zero-order valence-electron chi connectivity index (χ0n) is 15.9. The largest absolute Gasteiger partial charge is 0.495 e. The Hall–Kier alpha value is -2.81. The molecule has 3 rings (SSSR count). The van der Waals surface area contributed by atoms with E-state index in [0.29, 0.717) is 37.9 Å². The van der Waals surface area contributed by atoms with E-state index in [9.17, 15) is 9.59 Å². The monoisotopic (exact) mass is 467 g/mol. The smallest absolute Gasteiger partial charge is 0.278 e. The number of benzene rings is 2. The first-order chi connectivity index (χ1) is 14.3. The Morgan fingerprint density at radius 1 is 1.03 bits per heavy atom. The van der Waals surface area contributed by atoms with Crippen molar-refractivity contribution < 1.29 is 14.3 Å². The summed E-state index contributed by atoms with van der Waals surface area (Å²) < 4.78 is 6.52. The van der Waals surface area contributed by atoms with Gasteiger partial charge in [-0.3, -0.25) is 9.59 Å². The first kappa shape index (κ1) is 21.9. The molecule has 8 nitrogen and oxygen atoms in total. The maximum absolute atomic E-state index is 12.5. The van der Waals surface area contributed by atoms with Gasteiger partial charge in [-0.25, -0.2) is 4.68 Å². The van der Waals surface area contributed by atoms with Crippen LogP contribution in [0.2, 0.25) is 15.1 Å². The van der Waals surface area contributed by atoms with Gasteiger partial charge in [-0.05, 0) is 43.3 Å². The molecule has 11 heteroatoms. The number of hydrogen-bond acceptors (Lipinski definition) is 5. The van der Waals surface area contributed by atoms with E-state index in [2.05, 4.69) is 20.9 Å². The van der Waals surface area contributed by atoms with Gasteiger partial charge in [0.15, 0.2) is 5.69 Å². The molecule has 0 bridgehead atoms. The van der Waals surface area contributed by atoms with Crippen LogP contribution in [0.4, 0.5) is 11.4 Å². The molecular formula is C19H16Cl3N5O3. The molecule has 0 spiro atoms. The average Bonchev–Trinajstić information content (AvgIpc) is 3.01. The van der Waals surface area contributed by atoms with Crippen molar-refractivity contribution in [3.63, 3.8) is 0 Å². The molecule has 0 unspecified atom stereocenters. The number of anilines is 2. The van der Waals surface area contributed by atoms with Crippen molar-refractivity contribution in [2.75, 3.05) is 17.7 Å². The lowest BCUT2D eigenvalue weighted by molar-refractivity contribution is -0.117. The Bertz CT molecular complexity index is 1100. The first-order valence-corrected chi connectivity index (χ1v) is 9.71. The van der Waals surface area contributed by atoms with Crippen LogP contribution in [0, 0.1) is 6.92 Å². The molecule has 2 amide bonds. The fourth-order valence-electron chi connectivity index (χ4n) is 2.64. The summed E-state index contributed by atoms with van der Waals surface area (Å²) in [5, 5.41) is 14.3. The van der Waals surface area contributed by atoms with E-state index in [1.807, 2.05) is 0 Å². The maximum atomic E-state index is 12.5. The molecule has 0 atom stereocenters. The fraction of sp³-hybridized carbons (Fsp3) is 0.158. The highest BCUT2D eigenvalue weighted by Gasteiger charge is 2.19. The number of aromatic nitrogens is 3. The van der Waals surface area contributed by atoms with Gasteiger partial charge in [0.1, 0.15) is 12.3 Å². The number of carbonyl (C=O) groups excluding carboxylic acids is 2. The minimum absolute atomic E-state index is 0.0687. The predicted octanol–water partition coefficient (Wildman–Crippen LogP) is 4.45. The third-order valence-corrected chi connectivity index (χ3v) is 4.72. The molecule has 3 aromatic rings. The highest BCUT2D eigenvalue weighted by molar-refractivity contribution is 6.35. The van der Waals surface area contributed by atoms with Crippen LogP contribution in [0.15, 0.2) is 36.4 Å². The van der Waals surface area contributed by atoms with Crippen LogP contribution < -0.4 is 15.4 Å². The second kappa shape index (κ2) is 9.34. The van der Waals surface area contributed by atoms with Crippen LogP contribution >= 0.6 is 34.8 Å². The summed E-state index contributed by atoms with van der Waals surface area (Å²) in [5.41, 5.74) is 1.31. The van der Waals surface area contributed by atoms with Crippen LogP contribution in [-0.2, 0) is 11.3 Å². The third kappa shape index (κ3) is 5.21. The number of carbonyl (C=O) groups is 2. The van der Waals surface area contributed by atoms with Gasteiger partial charge in [0.2, 0.25) is 5.91 Å². The maximum Gasteiger partial charge on any atom is 0.278 e. The summed E-state index contributed by atoms with van der Waals surface area (Å²) in [4.78, 5) is 25.0. The number of nitrogens with one attached hydrogen (secondary N) is 2. The van der Waals surface area contributed by atoms with E-state index in [1.165, 1.54) is 11.8 Å². The Kier molecular flexibility index (Phi) is 6.81. The van der Waals surface area contributed by atoms with Crippen molar-refractivity contribution in [3.8, 4) is 5.75 Å². The molecule has 0 radical (unpaired) electrons. The molecule has 2 N–H and O–H groups in total. The molecule has 156 valence electrons. The SMILES string of the molecule is COc1ccc(Cl)cc1NC(=O)Cn1nnc(C(=O)Nc2cc(Cl)cc(Cl)c2)c1C. The van der Waals surface area contributed by atoms with Gasteiger partial charge >= 0.3 is 0 Å². The second-order valence-corrected chi connectivity index (χ2v) is 7.50. The van der Waals surface area contributed by atoms with Crippen LogP contribution in [0.1, 0.15) is 16.2 Å². The van der Waals surface area contributed by atoms with Crippen molar-refractivity contribution in [2.24, 2.45) is 0 Å². The van der Waals surface area contributed by atoms with Crippen molar-refractivity contribution in [1.82, 2.24) is 15.0 Å². The van der Waals surface area contributed by atoms with Gasteiger partial charge in [0.25, 0.3) is 5.91 Å². The summed E-state index contributed by atoms with van der Waals surface area (Å²) in [6.07, 6.45) is 0. The van der Waals surface area contributed by atoms with E-state index in [1.54, 1.807) is 43.3 Å². The normalized spacial score (nSPS) is 10.6. The molecule has 0 aliphatic heterocycles. The first-order valence-electron chi connectivity index (χ1n) is 8.57. The van der Waals surface area contributed by atoms with E-state index >= 15 is 0 Å². The molecule has 2 aromatic carbocycles. The zero-order chi connectivity index (χ0) is 21.8. The van der Waals surface area contributed by atoms with Crippen molar-refractivity contribution in [1.29, 1.82) is 0 Å². The van der Waals surface area contributed by atoms with E-state index in [4.69, 9.17) is 39.5 Å². The topological polar surface area (TPSA) is 98.1 Å². The molecular weight excluding hydrogens is 453 g/mol. The molecule has 1 heterocycles. The second-order valence-electron chi connectivity index (χ2n) is 6.19. The Morgan fingerprint density at radius 2 is 1.73 bits per heavy atom. The van der Waals surface area contributed by atoms with Gasteiger partial charge in [-0.15, -0.1) is 5.10 Å². The molecule has 0 saturated carbocycles. The number of hydrogen-bond donors (Lipinski definition) is 2. The number of methoxy groups -OCH3 is 1. The van der Waals surface area contributed by atoms with Gasteiger partial charge in [0.05, 0.1) is 18.5 Å². The molecule has 0 aliphatic rings. The lowest BCUT2D eigenvalue weighted by Crippen LogP contribution is -2.21. The van der Waals surface area contributed by atoms with Gasteiger partial charge in [-0.1, -0.05) is 40.0 Å². The van der Waals surface area contributed by atoms with Crippen molar-refractivity contribution in [2.45, 2.75) is 13.5 Å². The van der Waals surface area contributed by atoms with Gasteiger partial charge in [-0.2, -0.15) is 0 Å². The summed E-state index contributed by atoms with van der Waals surface area (Å²) in [5.74, 6) is -0.436. The molecule has 30 heavy (non-hydrogen) atoms. The van der Waals surface area contributed by atoms with Crippen LogP contribution in [0.25, 0.3) is 0 Å².